The average Bonchev–Trinajstić information content (AvgIpc) is 2.57. The van der Waals surface area contributed by atoms with Gasteiger partial charge in [0.15, 0.2) is 5.79 Å². The Kier molecular flexibility index (Phi) is 2.83. The molecule has 1 saturated heterocycles. The van der Waals surface area contributed by atoms with Gasteiger partial charge >= 0.3 is 6.01 Å². The largest absolute Gasteiger partial charge is 0.461 e. The molecule has 1 unspecified atom stereocenters. The molecule has 0 radical (unpaired) electrons. The standard InChI is InChI=1S/C10H14N2O3/c1-10(2)14-7-8(15-10)6-13-9-11-4-3-5-12-9/h3-5,8H,6-7H2,1-2H3. The van der Waals surface area contributed by atoms with Crippen LogP contribution in [-0.2, 0) is 9.47 Å². The van der Waals surface area contributed by atoms with Crippen LogP contribution < -0.4 is 4.74 Å². The van der Waals surface area contributed by atoms with Crippen LogP contribution in [0.15, 0.2) is 18.5 Å². The number of nitrogens with zero attached hydrogens (tertiary/aromatic N) is 2. The molecule has 2 rings (SSSR count). The van der Waals surface area contributed by atoms with E-state index in [2.05, 4.69) is 9.97 Å². The third-order valence-corrected chi connectivity index (χ3v) is 2.01. The highest BCUT2D eigenvalue weighted by molar-refractivity contribution is 4.93. The second-order valence-corrected chi connectivity index (χ2v) is 3.79. The maximum atomic E-state index is 5.57. The van der Waals surface area contributed by atoms with Crippen molar-refractivity contribution in [3.05, 3.63) is 18.5 Å². The SMILES string of the molecule is CC1(C)OCC(COc2ncccn2)O1. The molecule has 0 amide bonds. The molecule has 1 atom stereocenters. The summed E-state index contributed by atoms with van der Waals surface area (Å²) >= 11 is 0. The van der Waals surface area contributed by atoms with Crippen molar-refractivity contribution in [1.82, 2.24) is 9.97 Å². The fourth-order valence-corrected chi connectivity index (χ4v) is 1.37. The number of hydrogen-bond donors (Lipinski definition) is 0. The van der Waals surface area contributed by atoms with E-state index in [4.69, 9.17) is 14.2 Å². The van der Waals surface area contributed by atoms with E-state index in [0.717, 1.165) is 0 Å². The van der Waals surface area contributed by atoms with Crippen LogP contribution in [0.5, 0.6) is 6.01 Å². The lowest BCUT2D eigenvalue weighted by Crippen LogP contribution is -2.25. The normalized spacial score (nSPS) is 24.0. The molecule has 0 aromatic carbocycles. The van der Waals surface area contributed by atoms with Crippen molar-refractivity contribution in [2.24, 2.45) is 0 Å². The van der Waals surface area contributed by atoms with Crippen LogP contribution in [0.4, 0.5) is 0 Å². The quantitative estimate of drug-likeness (QED) is 0.745. The van der Waals surface area contributed by atoms with Gasteiger partial charge in [0.05, 0.1) is 6.61 Å². The van der Waals surface area contributed by atoms with Gasteiger partial charge in [-0.15, -0.1) is 0 Å². The van der Waals surface area contributed by atoms with Gasteiger partial charge < -0.3 is 14.2 Å². The first-order valence-corrected chi connectivity index (χ1v) is 4.87. The number of ether oxygens (including phenoxy) is 3. The summed E-state index contributed by atoms with van der Waals surface area (Å²) in [6.45, 7) is 4.71. The number of rotatable bonds is 3. The number of hydrogen-bond acceptors (Lipinski definition) is 5. The summed E-state index contributed by atoms with van der Waals surface area (Å²) in [5.74, 6) is -0.508. The highest BCUT2D eigenvalue weighted by Crippen LogP contribution is 2.22. The highest BCUT2D eigenvalue weighted by Gasteiger charge is 2.33. The highest BCUT2D eigenvalue weighted by atomic mass is 16.7. The molecular weight excluding hydrogens is 196 g/mol. The molecule has 0 saturated carbocycles. The minimum atomic E-state index is -0.508. The molecule has 1 aliphatic heterocycles. The molecule has 15 heavy (non-hydrogen) atoms. The molecule has 0 N–H and O–H groups in total. The van der Waals surface area contributed by atoms with Crippen molar-refractivity contribution < 1.29 is 14.2 Å². The summed E-state index contributed by atoms with van der Waals surface area (Å²) in [7, 11) is 0. The van der Waals surface area contributed by atoms with E-state index in [1.165, 1.54) is 0 Å². The first-order valence-electron chi connectivity index (χ1n) is 4.87. The smallest absolute Gasteiger partial charge is 0.316 e. The van der Waals surface area contributed by atoms with Crippen LogP contribution in [0.1, 0.15) is 13.8 Å². The Hall–Kier alpha value is -1.20. The summed E-state index contributed by atoms with van der Waals surface area (Å²) in [5.41, 5.74) is 0. The van der Waals surface area contributed by atoms with Gasteiger partial charge in [0, 0.05) is 12.4 Å². The molecule has 1 aliphatic rings. The first-order chi connectivity index (χ1) is 7.16. The molecule has 82 valence electrons. The Morgan fingerprint density at radius 2 is 2.20 bits per heavy atom. The predicted octanol–water partition coefficient (Wildman–Crippen LogP) is 1.01. The number of aromatic nitrogens is 2. The van der Waals surface area contributed by atoms with Crippen molar-refractivity contribution >= 4 is 0 Å². The van der Waals surface area contributed by atoms with Gasteiger partial charge in [-0.05, 0) is 19.9 Å². The van der Waals surface area contributed by atoms with Gasteiger partial charge in [-0.25, -0.2) is 9.97 Å². The van der Waals surface area contributed by atoms with E-state index >= 15 is 0 Å². The van der Waals surface area contributed by atoms with Crippen LogP contribution in [0.25, 0.3) is 0 Å². The summed E-state index contributed by atoms with van der Waals surface area (Å²) in [6.07, 6.45) is 3.22. The second-order valence-electron chi connectivity index (χ2n) is 3.79. The minimum Gasteiger partial charge on any atom is -0.461 e. The van der Waals surface area contributed by atoms with Crippen molar-refractivity contribution in [3.8, 4) is 6.01 Å². The van der Waals surface area contributed by atoms with Gasteiger partial charge in [0.25, 0.3) is 0 Å². The third-order valence-electron chi connectivity index (χ3n) is 2.01. The Morgan fingerprint density at radius 3 is 2.80 bits per heavy atom. The molecule has 5 nitrogen and oxygen atoms in total. The Bertz CT molecular complexity index is 316. The zero-order valence-electron chi connectivity index (χ0n) is 8.84. The Labute approximate surface area is 88.4 Å². The summed E-state index contributed by atoms with van der Waals surface area (Å²) in [5, 5.41) is 0. The summed E-state index contributed by atoms with van der Waals surface area (Å²) in [6, 6.07) is 2.11. The van der Waals surface area contributed by atoms with E-state index in [1.807, 2.05) is 13.8 Å². The van der Waals surface area contributed by atoms with E-state index in [9.17, 15) is 0 Å². The maximum Gasteiger partial charge on any atom is 0.316 e. The fraction of sp³-hybridized carbons (Fsp3) is 0.600. The molecule has 5 heteroatoms. The predicted molar refractivity (Wildman–Crippen MR) is 52.4 cm³/mol. The lowest BCUT2D eigenvalue weighted by atomic mass is 10.4. The van der Waals surface area contributed by atoms with E-state index in [-0.39, 0.29) is 6.10 Å². The van der Waals surface area contributed by atoms with Crippen LogP contribution in [-0.4, -0.2) is 35.1 Å². The maximum absolute atomic E-state index is 5.57. The molecule has 1 fully saturated rings. The average molecular weight is 210 g/mol. The van der Waals surface area contributed by atoms with Gasteiger partial charge in [0.2, 0.25) is 0 Å². The van der Waals surface area contributed by atoms with Crippen molar-refractivity contribution in [3.63, 3.8) is 0 Å². The molecule has 0 aliphatic carbocycles. The summed E-state index contributed by atoms with van der Waals surface area (Å²) < 4.78 is 16.3. The van der Waals surface area contributed by atoms with Crippen LogP contribution in [0.2, 0.25) is 0 Å². The monoisotopic (exact) mass is 210 g/mol. The minimum absolute atomic E-state index is 0.0520. The molecule has 1 aromatic rings. The summed E-state index contributed by atoms with van der Waals surface area (Å²) in [4.78, 5) is 7.89. The van der Waals surface area contributed by atoms with Crippen molar-refractivity contribution in [2.45, 2.75) is 25.7 Å². The van der Waals surface area contributed by atoms with Crippen LogP contribution >= 0.6 is 0 Å². The molecular formula is C10H14N2O3. The molecule has 0 bridgehead atoms. The topological polar surface area (TPSA) is 53.5 Å². The van der Waals surface area contributed by atoms with Crippen LogP contribution in [0, 0.1) is 0 Å². The lowest BCUT2D eigenvalue weighted by molar-refractivity contribution is -0.141. The first kappa shape index (κ1) is 10.3. The van der Waals surface area contributed by atoms with Crippen molar-refractivity contribution in [2.75, 3.05) is 13.2 Å². The van der Waals surface area contributed by atoms with Gasteiger partial charge in [-0.1, -0.05) is 0 Å². The lowest BCUT2D eigenvalue weighted by Gasteiger charge is -2.16. The van der Waals surface area contributed by atoms with Gasteiger partial charge in [-0.2, -0.15) is 0 Å². The molecule has 0 spiro atoms. The fourth-order valence-electron chi connectivity index (χ4n) is 1.37. The second kappa shape index (κ2) is 4.12. The van der Waals surface area contributed by atoms with Crippen LogP contribution in [0.3, 0.4) is 0 Å². The van der Waals surface area contributed by atoms with E-state index in [1.54, 1.807) is 18.5 Å². The third kappa shape index (κ3) is 2.87. The van der Waals surface area contributed by atoms with Gasteiger partial charge in [-0.3, -0.25) is 0 Å². The van der Waals surface area contributed by atoms with Gasteiger partial charge in [0.1, 0.15) is 12.7 Å². The Morgan fingerprint density at radius 1 is 1.47 bits per heavy atom. The zero-order chi connectivity index (χ0) is 10.7. The Balaban J connectivity index is 1.80. The molecule has 2 heterocycles. The zero-order valence-corrected chi connectivity index (χ0v) is 8.84. The van der Waals surface area contributed by atoms with Crippen molar-refractivity contribution in [1.29, 1.82) is 0 Å². The van der Waals surface area contributed by atoms with E-state index < -0.39 is 5.79 Å². The molecule has 1 aromatic heterocycles. The van der Waals surface area contributed by atoms with E-state index in [0.29, 0.717) is 19.2 Å².